The number of anilines is 1. The van der Waals surface area contributed by atoms with Crippen LogP contribution in [0.15, 0.2) is 90.1 Å². The minimum atomic E-state index is -0.506. The normalized spacial score (nSPS) is 19.1. The van der Waals surface area contributed by atoms with Crippen molar-refractivity contribution in [1.29, 1.82) is 0 Å². The first-order chi connectivity index (χ1) is 15.4. The van der Waals surface area contributed by atoms with Gasteiger partial charge in [0.2, 0.25) is 5.91 Å². The summed E-state index contributed by atoms with van der Waals surface area (Å²) in [6.45, 7) is 9.41. The minimum absolute atomic E-state index is 0.0754. The van der Waals surface area contributed by atoms with Gasteiger partial charge in [-0.05, 0) is 65.9 Å². The highest BCUT2D eigenvalue weighted by atomic mass is 19.1. The van der Waals surface area contributed by atoms with E-state index in [9.17, 15) is 23.3 Å². The molecule has 1 amide bonds. The third-order valence-electron chi connectivity index (χ3n) is 5.38. The molecule has 0 bridgehead atoms. The predicted octanol–water partition coefficient (Wildman–Crippen LogP) is 6.11. The number of β-lactam (4-membered cyclic amide) rings is 1. The zero-order chi connectivity index (χ0) is 23.7. The summed E-state index contributed by atoms with van der Waals surface area (Å²) >= 11 is 0. The quantitative estimate of drug-likeness (QED) is 0.170. The molecule has 1 aromatic rings. The van der Waals surface area contributed by atoms with Gasteiger partial charge in [0.05, 0.1) is 24.0 Å². The lowest BCUT2D eigenvalue weighted by atomic mass is 9.78. The lowest BCUT2D eigenvalue weighted by Gasteiger charge is -2.48. The molecule has 1 saturated heterocycles. The zero-order valence-electron chi connectivity index (χ0n) is 18.0. The van der Waals surface area contributed by atoms with Crippen molar-refractivity contribution in [3.05, 3.63) is 95.6 Å². The fourth-order valence-corrected chi connectivity index (χ4v) is 3.61. The predicted molar refractivity (Wildman–Crippen MR) is 122 cm³/mol. The number of hydrogen-bond acceptors (Lipinski definition) is 4. The number of benzene rings is 1. The van der Waals surface area contributed by atoms with Crippen LogP contribution in [-0.4, -0.2) is 17.7 Å². The maximum Gasteiger partial charge on any atom is 0.233 e. The highest BCUT2D eigenvalue weighted by Crippen LogP contribution is 2.40. The summed E-state index contributed by atoms with van der Waals surface area (Å²) in [5.74, 6) is -1.21. The van der Waals surface area contributed by atoms with Crippen LogP contribution in [0.25, 0.3) is 0 Å². The van der Waals surface area contributed by atoms with Crippen molar-refractivity contribution in [2.75, 3.05) is 4.90 Å². The molecule has 1 aliphatic rings. The van der Waals surface area contributed by atoms with E-state index in [1.165, 1.54) is 47.4 Å². The maximum absolute atomic E-state index is 13.3. The van der Waals surface area contributed by atoms with E-state index in [-0.39, 0.29) is 30.2 Å². The fraction of sp³-hybridized carbons (Fsp3) is 0.280. The second-order valence-electron chi connectivity index (χ2n) is 7.34. The summed E-state index contributed by atoms with van der Waals surface area (Å²) in [5, 5.41) is 3.05. The molecule has 0 spiro atoms. The molecule has 0 saturated carbocycles. The molecule has 7 heteroatoms. The molecule has 0 aliphatic carbocycles. The number of amides is 1. The third kappa shape index (κ3) is 5.81. The van der Waals surface area contributed by atoms with Crippen molar-refractivity contribution >= 4 is 17.4 Å². The van der Waals surface area contributed by atoms with E-state index in [4.69, 9.17) is 0 Å². The van der Waals surface area contributed by atoms with Gasteiger partial charge in [-0.2, -0.15) is 0 Å². The Hall–Kier alpha value is -3.48. The lowest BCUT2D eigenvalue weighted by Crippen LogP contribution is -2.61. The van der Waals surface area contributed by atoms with E-state index >= 15 is 0 Å². The molecule has 2 rings (SSSR count). The van der Waals surface area contributed by atoms with Gasteiger partial charge in [-0.15, -0.1) is 4.91 Å². The zero-order valence-corrected chi connectivity index (χ0v) is 18.0. The van der Waals surface area contributed by atoms with Crippen LogP contribution < -0.4 is 4.90 Å². The Kier molecular flexibility index (Phi) is 9.13. The highest BCUT2D eigenvalue weighted by molar-refractivity contribution is 6.04. The molecule has 1 aliphatic heterocycles. The van der Waals surface area contributed by atoms with Crippen LogP contribution in [0.5, 0.6) is 0 Å². The molecule has 0 N–H and O–H groups in total. The van der Waals surface area contributed by atoms with Crippen molar-refractivity contribution in [2.24, 2.45) is 11.1 Å². The molecule has 1 aromatic carbocycles. The number of rotatable bonds is 12. The van der Waals surface area contributed by atoms with Gasteiger partial charge in [-0.1, -0.05) is 38.3 Å². The molecule has 2 atom stereocenters. The summed E-state index contributed by atoms with van der Waals surface area (Å²) in [4.78, 5) is 37.5. The standard InChI is InChI=1S/C25H26F2N2O3/c1-4-18(7-6-16-26)23(28-32)15-14-22-24(17(3)8-13-21(30)5-2)29(25(22)31)20-11-9-19(27)10-12-20/h4,6,8-13,16,22,24H,1,3,5,7,14-15H2,2H3/b13-8-,16-6?,23-18-. The molecular formula is C25H26F2N2O3. The first-order valence-electron chi connectivity index (χ1n) is 10.3. The SMILES string of the molecule is C=C/C(CC=CF)=C(\CCC1C(=O)N(c2ccc(F)cc2)C1C(=C)/C=C\C(=O)CC)N=O. The molecule has 32 heavy (non-hydrogen) atoms. The van der Waals surface area contributed by atoms with Gasteiger partial charge in [0.25, 0.3) is 0 Å². The van der Waals surface area contributed by atoms with E-state index < -0.39 is 17.8 Å². The number of carbonyl (C=O) groups is 2. The number of halogens is 2. The van der Waals surface area contributed by atoms with Crippen LogP contribution in [0, 0.1) is 16.6 Å². The van der Waals surface area contributed by atoms with Crippen molar-refractivity contribution < 1.29 is 18.4 Å². The van der Waals surface area contributed by atoms with Gasteiger partial charge < -0.3 is 4.90 Å². The molecule has 168 valence electrons. The van der Waals surface area contributed by atoms with Crippen molar-refractivity contribution in [1.82, 2.24) is 0 Å². The largest absolute Gasteiger partial charge is 0.304 e. The van der Waals surface area contributed by atoms with Gasteiger partial charge in [0.15, 0.2) is 5.78 Å². The van der Waals surface area contributed by atoms with Gasteiger partial charge in [0.1, 0.15) is 5.82 Å². The molecule has 2 unspecified atom stereocenters. The molecule has 5 nitrogen and oxygen atoms in total. The number of nitroso groups, excluding NO2 is 1. The van der Waals surface area contributed by atoms with E-state index in [0.717, 1.165) is 0 Å². The number of ketones is 1. The average molecular weight is 440 g/mol. The smallest absolute Gasteiger partial charge is 0.233 e. The van der Waals surface area contributed by atoms with Gasteiger partial charge in [0, 0.05) is 12.1 Å². The average Bonchev–Trinajstić information content (AvgIpc) is 2.80. The van der Waals surface area contributed by atoms with Crippen LogP contribution >= 0.6 is 0 Å². The first-order valence-corrected chi connectivity index (χ1v) is 10.3. The summed E-state index contributed by atoms with van der Waals surface area (Å²) in [5.41, 5.74) is 1.75. The van der Waals surface area contributed by atoms with E-state index in [2.05, 4.69) is 18.3 Å². The highest BCUT2D eigenvalue weighted by Gasteiger charge is 2.48. The van der Waals surface area contributed by atoms with Gasteiger partial charge in [-0.3, -0.25) is 9.59 Å². The Labute approximate surface area is 186 Å². The number of allylic oxidation sites excluding steroid dienone is 5. The summed E-state index contributed by atoms with van der Waals surface area (Å²) < 4.78 is 25.7. The topological polar surface area (TPSA) is 66.8 Å². The second-order valence-corrected chi connectivity index (χ2v) is 7.34. The summed E-state index contributed by atoms with van der Waals surface area (Å²) in [6.07, 6.45) is 7.08. The Morgan fingerprint density at radius 1 is 1.25 bits per heavy atom. The van der Waals surface area contributed by atoms with Crippen molar-refractivity contribution in [2.45, 2.75) is 38.6 Å². The van der Waals surface area contributed by atoms with E-state index in [1.54, 1.807) is 13.0 Å². The number of hydrogen-bond donors (Lipinski definition) is 0. The fourth-order valence-electron chi connectivity index (χ4n) is 3.61. The van der Waals surface area contributed by atoms with E-state index in [0.29, 0.717) is 36.0 Å². The Morgan fingerprint density at radius 2 is 1.94 bits per heavy atom. The van der Waals surface area contributed by atoms with E-state index in [1.807, 2.05) is 0 Å². The Balaban J connectivity index is 2.29. The van der Waals surface area contributed by atoms with Crippen LogP contribution in [0.2, 0.25) is 0 Å². The minimum Gasteiger partial charge on any atom is -0.304 e. The van der Waals surface area contributed by atoms with Crippen LogP contribution in [0.1, 0.15) is 32.6 Å². The first kappa shape index (κ1) is 24.8. The van der Waals surface area contributed by atoms with Crippen LogP contribution in [-0.2, 0) is 9.59 Å². The number of carbonyl (C=O) groups excluding carboxylic acids is 2. The van der Waals surface area contributed by atoms with Crippen molar-refractivity contribution in [3.8, 4) is 0 Å². The Morgan fingerprint density at radius 3 is 2.50 bits per heavy atom. The third-order valence-corrected chi connectivity index (χ3v) is 5.38. The van der Waals surface area contributed by atoms with Crippen LogP contribution in [0.3, 0.4) is 0 Å². The molecule has 0 radical (unpaired) electrons. The molecule has 0 aromatic heterocycles. The summed E-state index contributed by atoms with van der Waals surface area (Å²) in [7, 11) is 0. The van der Waals surface area contributed by atoms with Crippen LogP contribution in [0.4, 0.5) is 14.5 Å². The molecular weight excluding hydrogens is 414 g/mol. The summed E-state index contributed by atoms with van der Waals surface area (Å²) in [6, 6.07) is 5.07. The second kappa shape index (κ2) is 11.8. The van der Waals surface area contributed by atoms with Gasteiger partial charge >= 0.3 is 0 Å². The lowest BCUT2D eigenvalue weighted by molar-refractivity contribution is -0.129. The monoisotopic (exact) mass is 440 g/mol. The maximum atomic E-state index is 13.3. The molecule has 1 heterocycles. The van der Waals surface area contributed by atoms with Crippen molar-refractivity contribution in [3.63, 3.8) is 0 Å². The van der Waals surface area contributed by atoms with Gasteiger partial charge in [-0.25, -0.2) is 8.78 Å². The molecule has 1 fully saturated rings. The Bertz CT molecular complexity index is 977. The number of nitrogens with zero attached hydrogens (tertiary/aromatic N) is 2.